The van der Waals surface area contributed by atoms with E-state index < -0.39 is 0 Å². The van der Waals surface area contributed by atoms with Crippen LogP contribution in [0.1, 0.15) is 13.3 Å². The molecule has 0 bridgehead atoms. The van der Waals surface area contributed by atoms with Gasteiger partial charge in [-0.3, -0.25) is 4.68 Å². The van der Waals surface area contributed by atoms with Gasteiger partial charge in [0.1, 0.15) is 12.2 Å². The van der Waals surface area contributed by atoms with Gasteiger partial charge in [0.25, 0.3) is 0 Å². The summed E-state index contributed by atoms with van der Waals surface area (Å²) >= 11 is 6.12. The molecule has 0 spiro atoms. The second-order valence-electron chi connectivity index (χ2n) is 4.27. The molecule has 3 atom stereocenters. The lowest BCUT2D eigenvalue weighted by Crippen LogP contribution is -2.53. The summed E-state index contributed by atoms with van der Waals surface area (Å²) in [7, 11) is 1.65. The number of hydrogen-bond donors (Lipinski definition) is 0. The lowest BCUT2D eigenvalue weighted by molar-refractivity contribution is -0.0898. The maximum Gasteiger partial charge on any atom is 0.157 e. The van der Waals surface area contributed by atoms with Crippen molar-refractivity contribution in [3.8, 4) is 5.75 Å². The number of aromatic nitrogens is 2. The minimum atomic E-state index is -0.0632. The van der Waals surface area contributed by atoms with Crippen molar-refractivity contribution in [3.63, 3.8) is 0 Å². The van der Waals surface area contributed by atoms with E-state index in [9.17, 15) is 0 Å². The quantitative estimate of drug-likeness (QED) is 0.561. The van der Waals surface area contributed by atoms with E-state index in [1.807, 2.05) is 17.8 Å². The molecule has 6 heteroatoms. The minimum Gasteiger partial charge on any atom is -0.484 e. The first-order valence-corrected chi connectivity index (χ1v) is 6.62. The zero-order valence-corrected chi connectivity index (χ0v) is 11.5. The van der Waals surface area contributed by atoms with Gasteiger partial charge in [-0.2, -0.15) is 5.10 Å². The van der Waals surface area contributed by atoms with Crippen molar-refractivity contribution in [2.45, 2.75) is 37.5 Å². The van der Waals surface area contributed by atoms with Gasteiger partial charge in [0.15, 0.2) is 5.75 Å². The molecule has 2 rings (SSSR count). The SMILES string of the molecule is CCn1cc(OC2CC(Cl)C2OCCOC)cn1. The highest BCUT2D eigenvalue weighted by molar-refractivity contribution is 6.21. The van der Waals surface area contributed by atoms with Gasteiger partial charge in [-0.15, -0.1) is 11.6 Å². The van der Waals surface area contributed by atoms with Crippen LogP contribution in [0.5, 0.6) is 5.75 Å². The Balaban J connectivity index is 1.81. The molecule has 0 radical (unpaired) electrons. The standard InChI is InChI=1S/C12H19ClN2O3/c1-3-15-8-9(7-14-15)18-11-6-10(13)12(11)17-5-4-16-2/h7-8,10-12H,3-6H2,1-2H3. The van der Waals surface area contributed by atoms with Gasteiger partial charge in [-0.05, 0) is 6.92 Å². The summed E-state index contributed by atoms with van der Waals surface area (Å²) in [5, 5.41) is 4.18. The highest BCUT2D eigenvalue weighted by atomic mass is 35.5. The number of hydrogen-bond acceptors (Lipinski definition) is 4. The Morgan fingerprint density at radius 2 is 2.33 bits per heavy atom. The number of nitrogens with zero attached hydrogens (tertiary/aromatic N) is 2. The van der Waals surface area contributed by atoms with Crippen LogP contribution in [0.2, 0.25) is 0 Å². The Bertz CT molecular complexity index is 372. The van der Waals surface area contributed by atoms with Crippen LogP contribution in [0.15, 0.2) is 12.4 Å². The van der Waals surface area contributed by atoms with Crippen LogP contribution < -0.4 is 4.74 Å². The van der Waals surface area contributed by atoms with Gasteiger partial charge in [0.05, 0.1) is 31.0 Å². The number of methoxy groups -OCH3 is 1. The fraction of sp³-hybridized carbons (Fsp3) is 0.750. The first-order valence-electron chi connectivity index (χ1n) is 6.18. The number of rotatable bonds is 7. The van der Waals surface area contributed by atoms with Crippen molar-refractivity contribution < 1.29 is 14.2 Å². The van der Waals surface area contributed by atoms with Crippen LogP contribution in [0.3, 0.4) is 0 Å². The molecule has 1 aromatic heterocycles. The second kappa shape index (κ2) is 6.41. The summed E-state index contributed by atoms with van der Waals surface area (Å²) in [6.45, 7) is 3.98. The highest BCUT2D eigenvalue weighted by Gasteiger charge is 2.42. The summed E-state index contributed by atoms with van der Waals surface area (Å²) in [6.07, 6.45) is 4.35. The van der Waals surface area contributed by atoms with Crippen molar-refractivity contribution in [1.82, 2.24) is 9.78 Å². The van der Waals surface area contributed by atoms with Gasteiger partial charge in [0, 0.05) is 20.1 Å². The van der Waals surface area contributed by atoms with Crippen LogP contribution in [0.4, 0.5) is 0 Å². The van der Waals surface area contributed by atoms with Gasteiger partial charge in [-0.1, -0.05) is 0 Å². The molecule has 0 N–H and O–H groups in total. The van der Waals surface area contributed by atoms with E-state index in [1.54, 1.807) is 13.3 Å². The van der Waals surface area contributed by atoms with Crippen molar-refractivity contribution in [2.24, 2.45) is 0 Å². The molecule has 102 valence electrons. The monoisotopic (exact) mass is 274 g/mol. The maximum absolute atomic E-state index is 6.12. The maximum atomic E-state index is 6.12. The molecule has 1 aromatic rings. The summed E-state index contributed by atoms with van der Waals surface area (Å²) < 4.78 is 18.2. The first kappa shape index (κ1) is 13.6. The van der Waals surface area contributed by atoms with E-state index in [1.165, 1.54) is 0 Å². The molecule has 1 aliphatic carbocycles. The predicted octanol–water partition coefficient (Wildman–Crippen LogP) is 1.69. The van der Waals surface area contributed by atoms with E-state index in [0.717, 1.165) is 18.7 Å². The molecular formula is C12H19ClN2O3. The number of halogens is 1. The van der Waals surface area contributed by atoms with Crippen LogP contribution >= 0.6 is 11.6 Å². The number of alkyl halides is 1. The molecule has 5 nitrogen and oxygen atoms in total. The molecule has 18 heavy (non-hydrogen) atoms. The van der Waals surface area contributed by atoms with Gasteiger partial charge < -0.3 is 14.2 Å². The Morgan fingerprint density at radius 3 is 2.94 bits per heavy atom. The van der Waals surface area contributed by atoms with Crippen LogP contribution in [0.25, 0.3) is 0 Å². The molecule has 0 saturated heterocycles. The normalized spacial score (nSPS) is 26.9. The molecular weight excluding hydrogens is 256 g/mol. The van der Waals surface area contributed by atoms with Gasteiger partial charge in [0.2, 0.25) is 0 Å². The van der Waals surface area contributed by atoms with Crippen molar-refractivity contribution >= 4 is 11.6 Å². The van der Waals surface area contributed by atoms with E-state index in [0.29, 0.717) is 13.2 Å². The topological polar surface area (TPSA) is 45.5 Å². The Hall–Kier alpha value is -0.780. The minimum absolute atomic E-state index is 0.0128. The third-order valence-corrected chi connectivity index (χ3v) is 3.43. The highest BCUT2D eigenvalue weighted by Crippen LogP contribution is 2.32. The molecule has 1 heterocycles. The van der Waals surface area contributed by atoms with Crippen LogP contribution in [-0.4, -0.2) is 47.7 Å². The number of aryl methyl sites for hydroxylation is 1. The van der Waals surface area contributed by atoms with E-state index >= 15 is 0 Å². The van der Waals surface area contributed by atoms with Crippen LogP contribution in [-0.2, 0) is 16.0 Å². The molecule has 1 saturated carbocycles. The van der Waals surface area contributed by atoms with E-state index in [-0.39, 0.29) is 17.6 Å². The van der Waals surface area contributed by atoms with Crippen molar-refractivity contribution in [1.29, 1.82) is 0 Å². The molecule has 3 unspecified atom stereocenters. The largest absolute Gasteiger partial charge is 0.484 e. The molecule has 1 aliphatic rings. The third kappa shape index (κ3) is 3.16. The zero-order chi connectivity index (χ0) is 13.0. The molecule has 0 amide bonds. The summed E-state index contributed by atoms with van der Waals surface area (Å²) in [4.78, 5) is 0. The summed E-state index contributed by atoms with van der Waals surface area (Å²) in [6, 6.07) is 0. The van der Waals surface area contributed by atoms with Gasteiger partial charge >= 0.3 is 0 Å². The zero-order valence-electron chi connectivity index (χ0n) is 10.7. The fourth-order valence-corrected chi connectivity index (χ4v) is 2.29. The smallest absolute Gasteiger partial charge is 0.157 e. The van der Waals surface area contributed by atoms with Crippen molar-refractivity contribution in [2.75, 3.05) is 20.3 Å². The molecule has 1 fully saturated rings. The Labute approximate surface area is 112 Å². The second-order valence-corrected chi connectivity index (χ2v) is 4.83. The average Bonchev–Trinajstić information content (AvgIpc) is 2.82. The third-order valence-electron chi connectivity index (χ3n) is 3.00. The van der Waals surface area contributed by atoms with Gasteiger partial charge in [-0.25, -0.2) is 0 Å². The summed E-state index contributed by atoms with van der Waals surface area (Å²) in [5.74, 6) is 0.769. The van der Waals surface area contributed by atoms with E-state index in [2.05, 4.69) is 5.10 Å². The Kier molecular flexibility index (Phi) is 4.86. The fourth-order valence-electron chi connectivity index (χ4n) is 1.87. The van der Waals surface area contributed by atoms with Crippen LogP contribution in [0, 0.1) is 0 Å². The first-order chi connectivity index (χ1) is 8.74. The Morgan fingerprint density at radius 1 is 1.50 bits per heavy atom. The van der Waals surface area contributed by atoms with Crippen molar-refractivity contribution in [3.05, 3.63) is 12.4 Å². The average molecular weight is 275 g/mol. The lowest BCUT2D eigenvalue weighted by Gasteiger charge is -2.40. The molecule has 0 aliphatic heterocycles. The summed E-state index contributed by atoms with van der Waals surface area (Å²) in [5.41, 5.74) is 0. The predicted molar refractivity (Wildman–Crippen MR) is 68.2 cm³/mol. The molecule has 0 aromatic carbocycles. The number of ether oxygens (including phenoxy) is 3. The lowest BCUT2D eigenvalue weighted by atomic mass is 9.91. The van der Waals surface area contributed by atoms with E-state index in [4.69, 9.17) is 25.8 Å².